The Balaban J connectivity index is 1.49. The molecule has 8 nitrogen and oxygen atoms in total. The number of hydrogen-bond acceptors (Lipinski definition) is 8. The summed E-state index contributed by atoms with van der Waals surface area (Å²) in [5, 5.41) is 3.07. The summed E-state index contributed by atoms with van der Waals surface area (Å²) >= 11 is 1.51. The second-order valence-electron chi connectivity index (χ2n) is 11.5. The molecule has 1 saturated carbocycles. The van der Waals surface area contributed by atoms with Gasteiger partial charge in [0.25, 0.3) is 5.91 Å². The van der Waals surface area contributed by atoms with Crippen LogP contribution in [0.3, 0.4) is 0 Å². The average Bonchev–Trinajstić information content (AvgIpc) is 3.41. The number of nitrogens with zero attached hydrogens (tertiary/aromatic N) is 1. The topological polar surface area (TPSA) is 94.2 Å². The van der Waals surface area contributed by atoms with Gasteiger partial charge < -0.3 is 24.4 Å². The van der Waals surface area contributed by atoms with Crippen LogP contribution in [0.5, 0.6) is 11.5 Å². The van der Waals surface area contributed by atoms with Crippen molar-refractivity contribution in [2.45, 2.75) is 76.7 Å². The number of allylic oxidation sites excluding steroid dienone is 2. The summed E-state index contributed by atoms with van der Waals surface area (Å²) in [5.74, 6) is 0.265. The van der Waals surface area contributed by atoms with Crippen LogP contribution in [-0.2, 0) is 25.7 Å². The molecule has 0 spiro atoms. The number of amides is 1. The maximum Gasteiger partial charge on any atom is 0.320 e. The number of thioether (sulfide) groups is 1. The van der Waals surface area contributed by atoms with E-state index in [9.17, 15) is 14.4 Å². The van der Waals surface area contributed by atoms with E-state index in [2.05, 4.69) is 5.32 Å². The summed E-state index contributed by atoms with van der Waals surface area (Å²) in [6.07, 6.45) is 7.65. The van der Waals surface area contributed by atoms with E-state index in [1.165, 1.54) is 11.8 Å². The summed E-state index contributed by atoms with van der Waals surface area (Å²) in [6.45, 7) is 5.64. The Morgan fingerprint density at radius 3 is 2.49 bits per heavy atom. The van der Waals surface area contributed by atoms with E-state index in [0.29, 0.717) is 29.2 Å². The highest BCUT2D eigenvalue weighted by molar-refractivity contribution is 8.04. The van der Waals surface area contributed by atoms with Crippen molar-refractivity contribution in [2.24, 2.45) is 5.92 Å². The molecular weight excluding hydrogens is 540 g/mol. The molecule has 2 heterocycles. The molecule has 0 saturated heterocycles. The highest BCUT2D eigenvalue weighted by Crippen LogP contribution is 2.45. The van der Waals surface area contributed by atoms with E-state index < -0.39 is 5.54 Å². The van der Waals surface area contributed by atoms with E-state index >= 15 is 0 Å². The highest BCUT2D eigenvalue weighted by atomic mass is 32.2. The first-order valence-electron chi connectivity index (χ1n) is 14.2. The fourth-order valence-electron chi connectivity index (χ4n) is 5.90. The number of carbonyl (C=O) groups excluding carboxylic acids is 3. The lowest BCUT2D eigenvalue weighted by Crippen LogP contribution is -2.52. The van der Waals surface area contributed by atoms with Crippen molar-refractivity contribution < 1.29 is 28.6 Å². The van der Waals surface area contributed by atoms with Gasteiger partial charge in [0.1, 0.15) is 28.9 Å². The van der Waals surface area contributed by atoms with Gasteiger partial charge in [-0.05, 0) is 68.7 Å². The summed E-state index contributed by atoms with van der Waals surface area (Å²) in [7, 11) is 3.31. The number of fused-ring (bicyclic) bond motifs is 1. The van der Waals surface area contributed by atoms with Crippen LogP contribution in [0.15, 0.2) is 41.3 Å². The van der Waals surface area contributed by atoms with Crippen LogP contribution in [0.1, 0.15) is 64.9 Å². The number of anilines is 2. The normalized spacial score (nSPS) is 20.1. The SMILES string of the molecule is COc1cc(OC(=O)C2CCCCC2)ccc1-c1ccc2c(c1COC(=O)C1CC=C(C)S1)N(C)C(=O)C(C)(C)N2. The van der Waals surface area contributed by atoms with E-state index in [1.54, 1.807) is 31.2 Å². The number of rotatable bonds is 7. The number of hydrogen-bond donors (Lipinski definition) is 1. The first-order chi connectivity index (χ1) is 19.6. The van der Waals surface area contributed by atoms with Crippen molar-refractivity contribution >= 4 is 41.0 Å². The first-order valence-corrected chi connectivity index (χ1v) is 15.1. The number of likely N-dealkylation sites (N-methyl/N-ethyl adjacent to an activating group) is 1. The monoisotopic (exact) mass is 578 g/mol. The molecule has 41 heavy (non-hydrogen) atoms. The molecule has 1 unspecified atom stereocenters. The molecule has 0 radical (unpaired) electrons. The molecule has 1 amide bonds. The van der Waals surface area contributed by atoms with E-state index in [-0.39, 0.29) is 35.6 Å². The van der Waals surface area contributed by atoms with Crippen LogP contribution in [0, 0.1) is 5.92 Å². The van der Waals surface area contributed by atoms with Crippen molar-refractivity contribution in [3.8, 4) is 22.6 Å². The quantitative estimate of drug-likeness (QED) is 0.295. The molecule has 218 valence electrons. The fraction of sp³-hybridized carbons (Fsp3) is 0.469. The van der Waals surface area contributed by atoms with Crippen LogP contribution in [0.25, 0.3) is 11.1 Å². The zero-order valence-corrected chi connectivity index (χ0v) is 25.2. The van der Waals surface area contributed by atoms with Crippen molar-refractivity contribution in [1.29, 1.82) is 0 Å². The van der Waals surface area contributed by atoms with Gasteiger partial charge in [-0.2, -0.15) is 0 Å². The summed E-state index contributed by atoms with van der Waals surface area (Å²) in [4.78, 5) is 41.8. The van der Waals surface area contributed by atoms with E-state index in [4.69, 9.17) is 14.2 Å². The van der Waals surface area contributed by atoms with Crippen LogP contribution in [-0.4, -0.2) is 42.8 Å². The highest BCUT2D eigenvalue weighted by Gasteiger charge is 2.39. The molecule has 0 aromatic heterocycles. The minimum absolute atomic E-state index is 0.0191. The Labute approximate surface area is 245 Å². The van der Waals surface area contributed by atoms with Gasteiger partial charge in [-0.3, -0.25) is 14.4 Å². The molecule has 3 aliphatic rings. The van der Waals surface area contributed by atoms with Gasteiger partial charge in [-0.15, -0.1) is 11.8 Å². The fourth-order valence-corrected chi connectivity index (χ4v) is 6.90. The molecule has 2 aliphatic heterocycles. The molecule has 2 aromatic rings. The molecule has 9 heteroatoms. The number of carbonyl (C=O) groups is 3. The van der Waals surface area contributed by atoms with Crippen LogP contribution in [0.4, 0.5) is 11.4 Å². The second-order valence-corrected chi connectivity index (χ2v) is 12.9. The van der Waals surface area contributed by atoms with Crippen molar-refractivity contribution in [1.82, 2.24) is 0 Å². The Bertz CT molecular complexity index is 1390. The molecule has 5 rings (SSSR count). The van der Waals surface area contributed by atoms with Crippen LogP contribution in [0.2, 0.25) is 0 Å². The molecular formula is C32H38N2O6S. The summed E-state index contributed by atoms with van der Waals surface area (Å²) in [5.41, 5.74) is 2.82. The average molecular weight is 579 g/mol. The lowest BCUT2D eigenvalue weighted by Gasteiger charge is -2.39. The number of methoxy groups -OCH3 is 1. The van der Waals surface area contributed by atoms with Gasteiger partial charge in [0.15, 0.2) is 0 Å². The van der Waals surface area contributed by atoms with E-state index in [0.717, 1.165) is 53.8 Å². The van der Waals surface area contributed by atoms with Crippen LogP contribution >= 0.6 is 11.8 Å². The summed E-state index contributed by atoms with van der Waals surface area (Å²) in [6, 6.07) is 9.18. The van der Waals surface area contributed by atoms with Crippen molar-refractivity contribution in [2.75, 3.05) is 24.4 Å². The first kappa shape index (κ1) is 29.0. The van der Waals surface area contributed by atoms with Gasteiger partial charge in [0.05, 0.1) is 24.4 Å². The van der Waals surface area contributed by atoms with E-state index in [1.807, 2.05) is 45.0 Å². The largest absolute Gasteiger partial charge is 0.496 e. The Morgan fingerprint density at radius 1 is 1.07 bits per heavy atom. The standard InChI is InChI=1S/C32H38N2O6S/c1-19-11-16-27(41-19)30(36)39-18-24-22(14-15-25-28(24)34(4)31(37)32(2,3)33-25)23-13-12-21(17-26(23)38-5)40-29(35)20-9-7-6-8-10-20/h11-15,17,20,27,33H,6-10,16,18H2,1-5H3. The number of benzene rings is 2. The summed E-state index contributed by atoms with van der Waals surface area (Å²) < 4.78 is 17.4. The molecule has 1 fully saturated rings. The predicted molar refractivity (Wildman–Crippen MR) is 161 cm³/mol. The van der Waals surface area contributed by atoms with Crippen LogP contribution < -0.4 is 19.7 Å². The van der Waals surface area contributed by atoms with Gasteiger partial charge >= 0.3 is 11.9 Å². The lowest BCUT2D eigenvalue weighted by molar-refractivity contribution is -0.144. The lowest BCUT2D eigenvalue weighted by atomic mass is 9.89. The molecule has 1 aliphatic carbocycles. The third kappa shape index (κ3) is 5.96. The predicted octanol–water partition coefficient (Wildman–Crippen LogP) is 6.47. The minimum Gasteiger partial charge on any atom is -0.496 e. The number of nitrogens with one attached hydrogen (secondary N) is 1. The number of esters is 2. The maximum absolute atomic E-state index is 13.3. The molecule has 2 aromatic carbocycles. The zero-order valence-electron chi connectivity index (χ0n) is 24.4. The third-order valence-electron chi connectivity index (χ3n) is 8.09. The van der Waals surface area contributed by atoms with Crippen molar-refractivity contribution in [3.63, 3.8) is 0 Å². The maximum atomic E-state index is 13.3. The zero-order chi connectivity index (χ0) is 29.3. The third-order valence-corrected chi connectivity index (χ3v) is 9.30. The Morgan fingerprint density at radius 2 is 1.80 bits per heavy atom. The Kier molecular flexibility index (Phi) is 8.36. The second kappa shape index (κ2) is 11.8. The molecule has 1 atom stereocenters. The molecule has 1 N–H and O–H groups in total. The van der Waals surface area contributed by atoms with Gasteiger partial charge in [-0.25, -0.2) is 0 Å². The molecule has 0 bridgehead atoms. The smallest absolute Gasteiger partial charge is 0.320 e. The number of ether oxygens (including phenoxy) is 3. The Hall–Kier alpha value is -3.46. The van der Waals surface area contributed by atoms with Crippen molar-refractivity contribution in [3.05, 3.63) is 46.9 Å². The van der Waals surface area contributed by atoms with Gasteiger partial charge in [-0.1, -0.05) is 31.4 Å². The van der Waals surface area contributed by atoms with Gasteiger partial charge in [0.2, 0.25) is 0 Å². The van der Waals surface area contributed by atoms with Gasteiger partial charge in [0, 0.05) is 24.2 Å². The minimum atomic E-state index is -0.789.